The van der Waals surface area contributed by atoms with Crippen LogP contribution in [-0.4, -0.2) is 5.33 Å². The molecular formula is C13H17BrF2. The Hall–Kier alpha value is -0.440. The molecule has 0 radical (unpaired) electrons. The quantitative estimate of drug-likeness (QED) is 0.689. The summed E-state index contributed by atoms with van der Waals surface area (Å²) in [6.45, 7) is 4.23. The molecular weight excluding hydrogens is 274 g/mol. The van der Waals surface area contributed by atoms with Crippen molar-refractivity contribution in [3.05, 3.63) is 35.4 Å². The first kappa shape index (κ1) is 13.6. The average Bonchev–Trinajstić information content (AvgIpc) is 2.23. The van der Waals surface area contributed by atoms with Crippen LogP contribution in [0.25, 0.3) is 0 Å². The van der Waals surface area contributed by atoms with Crippen LogP contribution in [0.4, 0.5) is 8.78 Å². The monoisotopic (exact) mass is 290 g/mol. The fourth-order valence-electron chi connectivity index (χ4n) is 1.93. The van der Waals surface area contributed by atoms with Crippen LogP contribution in [0.1, 0.15) is 32.3 Å². The summed E-state index contributed by atoms with van der Waals surface area (Å²) in [6.07, 6.45) is 2.72. The van der Waals surface area contributed by atoms with Gasteiger partial charge in [-0.1, -0.05) is 42.3 Å². The van der Waals surface area contributed by atoms with Crippen LogP contribution in [0, 0.1) is 17.0 Å². The highest BCUT2D eigenvalue weighted by molar-refractivity contribution is 9.09. The second-order valence-corrected chi connectivity index (χ2v) is 5.17. The maximum Gasteiger partial charge on any atom is 0.129 e. The van der Waals surface area contributed by atoms with Crippen LogP contribution < -0.4 is 0 Å². The van der Waals surface area contributed by atoms with E-state index in [1.54, 1.807) is 6.07 Å². The van der Waals surface area contributed by atoms with E-state index in [4.69, 9.17) is 0 Å². The molecule has 1 atom stereocenters. The number of rotatable bonds is 5. The predicted octanol–water partition coefficient (Wildman–Crippen LogP) is 4.71. The molecule has 16 heavy (non-hydrogen) atoms. The number of hydrogen-bond donors (Lipinski definition) is 0. The van der Waals surface area contributed by atoms with E-state index in [0.717, 1.165) is 24.2 Å². The lowest BCUT2D eigenvalue weighted by atomic mass is 9.81. The number of hydrogen-bond acceptors (Lipinski definition) is 0. The van der Waals surface area contributed by atoms with Gasteiger partial charge in [-0.2, -0.15) is 0 Å². The fraction of sp³-hybridized carbons (Fsp3) is 0.538. The first-order valence-corrected chi connectivity index (χ1v) is 6.63. The van der Waals surface area contributed by atoms with Gasteiger partial charge < -0.3 is 0 Å². The van der Waals surface area contributed by atoms with Gasteiger partial charge in [-0.05, 0) is 29.9 Å². The average molecular weight is 291 g/mol. The Morgan fingerprint density at radius 3 is 2.50 bits per heavy atom. The molecule has 0 saturated heterocycles. The minimum atomic E-state index is -0.516. The number of halogens is 3. The van der Waals surface area contributed by atoms with Gasteiger partial charge in [0, 0.05) is 11.4 Å². The van der Waals surface area contributed by atoms with E-state index in [9.17, 15) is 8.78 Å². The summed E-state index contributed by atoms with van der Waals surface area (Å²) in [4.78, 5) is 0. The van der Waals surface area contributed by atoms with Crippen LogP contribution in [0.15, 0.2) is 18.2 Å². The molecule has 0 N–H and O–H groups in total. The van der Waals surface area contributed by atoms with Crippen molar-refractivity contribution in [1.29, 1.82) is 0 Å². The molecule has 0 aliphatic rings. The minimum absolute atomic E-state index is 0.0351. The third kappa shape index (κ3) is 3.55. The van der Waals surface area contributed by atoms with Crippen molar-refractivity contribution in [3.63, 3.8) is 0 Å². The highest BCUT2D eigenvalue weighted by atomic mass is 79.9. The molecule has 0 aliphatic carbocycles. The zero-order valence-electron chi connectivity index (χ0n) is 9.69. The number of alkyl halides is 1. The summed E-state index contributed by atoms with van der Waals surface area (Å²) in [6, 6.07) is 3.82. The predicted molar refractivity (Wildman–Crippen MR) is 66.9 cm³/mol. The molecule has 0 heterocycles. The van der Waals surface area contributed by atoms with E-state index in [2.05, 4.69) is 29.8 Å². The van der Waals surface area contributed by atoms with Crippen molar-refractivity contribution in [2.75, 3.05) is 5.33 Å². The van der Waals surface area contributed by atoms with E-state index in [1.165, 1.54) is 6.07 Å². The normalized spacial score (nSPS) is 14.8. The maximum atomic E-state index is 13.5. The third-order valence-corrected chi connectivity index (χ3v) is 4.16. The summed E-state index contributed by atoms with van der Waals surface area (Å²) in [5.41, 5.74) is 0.629. The molecule has 0 bridgehead atoms. The van der Waals surface area contributed by atoms with Gasteiger partial charge >= 0.3 is 0 Å². The van der Waals surface area contributed by atoms with Gasteiger partial charge in [0.2, 0.25) is 0 Å². The molecule has 90 valence electrons. The van der Waals surface area contributed by atoms with Crippen molar-refractivity contribution >= 4 is 15.9 Å². The smallest absolute Gasteiger partial charge is 0.129 e. The molecule has 3 heteroatoms. The molecule has 0 saturated carbocycles. The summed E-state index contributed by atoms with van der Waals surface area (Å²) in [5.74, 6) is -0.958. The lowest BCUT2D eigenvalue weighted by Gasteiger charge is -2.27. The standard InChI is InChI=1S/C13H17BrF2/c1-3-6-13(2,9-14)8-10-4-5-11(15)7-12(10)16/h4-5,7H,3,6,8-9H2,1-2H3. The molecule has 1 rings (SSSR count). The van der Waals surface area contributed by atoms with Crippen molar-refractivity contribution in [2.45, 2.75) is 33.1 Å². The van der Waals surface area contributed by atoms with Gasteiger partial charge in [-0.25, -0.2) is 8.78 Å². The number of benzene rings is 1. The molecule has 0 aliphatic heterocycles. The van der Waals surface area contributed by atoms with E-state index >= 15 is 0 Å². The highest BCUT2D eigenvalue weighted by Gasteiger charge is 2.23. The van der Waals surface area contributed by atoms with Gasteiger partial charge in [-0.3, -0.25) is 0 Å². The van der Waals surface area contributed by atoms with Gasteiger partial charge in [-0.15, -0.1) is 0 Å². The summed E-state index contributed by atoms with van der Waals surface area (Å²) in [7, 11) is 0. The van der Waals surface area contributed by atoms with Gasteiger partial charge in [0.1, 0.15) is 11.6 Å². The molecule has 1 aromatic rings. The summed E-state index contributed by atoms with van der Waals surface area (Å²) in [5, 5.41) is 0.824. The Morgan fingerprint density at radius 1 is 1.31 bits per heavy atom. The van der Waals surface area contributed by atoms with Gasteiger partial charge in [0.05, 0.1) is 0 Å². The SMILES string of the molecule is CCCC(C)(CBr)Cc1ccc(F)cc1F. The summed E-state index contributed by atoms with van der Waals surface area (Å²) >= 11 is 3.47. The van der Waals surface area contributed by atoms with Crippen molar-refractivity contribution in [3.8, 4) is 0 Å². The van der Waals surface area contributed by atoms with Crippen molar-refractivity contribution in [1.82, 2.24) is 0 Å². The molecule has 0 spiro atoms. The Balaban J connectivity index is 2.85. The first-order valence-electron chi connectivity index (χ1n) is 5.50. The molecule has 1 unspecified atom stereocenters. The molecule has 1 aromatic carbocycles. The first-order chi connectivity index (χ1) is 7.50. The van der Waals surface area contributed by atoms with Crippen LogP contribution in [0.3, 0.4) is 0 Å². The van der Waals surface area contributed by atoms with E-state index < -0.39 is 11.6 Å². The fourth-order valence-corrected chi connectivity index (χ4v) is 2.41. The summed E-state index contributed by atoms with van der Waals surface area (Å²) < 4.78 is 26.3. The second kappa shape index (κ2) is 5.76. The Morgan fingerprint density at radius 2 is 2.00 bits per heavy atom. The van der Waals surface area contributed by atoms with Gasteiger partial charge in [0.25, 0.3) is 0 Å². The molecule has 0 fully saturated rings. The van der Waals surface area contributed by atoms with Crippen LogP contribution in [0.5, 0.6) is 0 Å². The van der Waals surface area contributed by atoms with Gasteiger partial charge in [0.15, 0.2) is 0 Å². The van der Waals surface area contributed by atoms with Crippen LogP contribution >= 0.6 is 15.9 Å². The zero-order valence-corrected chi connectivity index (χ0v) is 11.3. The zero-order chi connectivity index (χ0) is 12.2. The lowest BCUT2D eigenvalue weighted by molar-refractivity contribution is 0.335. The Kier molecular flexibility index (Phi) is 4.90. The van der Waals surface area contributed by atoms with E-state index in [0.29, 0.717) is 12.0 Å². The molecule has 0 nitrogen and oxygen atoms in total. The second-order valence-electron chi connectivity index (χ2n) is 4.61. The highest BCUT2D eigenvalue weighted by Crippen LogP contribution is 2.31. The van der Waals surface area contributed by atoms with E-state index in [-0.39, 0.29) is 5.41 Å². The molecule has 0 aromatic heterocycles. The topological polar surface area (TPSA) is 0 Å². The lowest BCUT2D eigenvalue weighted by Crippen LogP contribution is -2.22. The maximum absolute atomic E-state index is 13.5. The minimum Gasteiger partial charge on any atom is -0.207 e. The van der Waals surface area contributed by atoms with Crippen LogP contribution in [0.2, 0.25) is 0 Å². The Labute approximate surface area is 104 Å². The Bertz CT molecular complexity index is 352. The molecule has 0 amide bonds. The third-order valence-electron chi connectivity index (χ3n) is 2.81. The van der Waals surface area contributed by atoms with E-state index in [1.807, 2.05) is 0 Å². The van der Waals surface area contributed by atoms with Crippen molar-refractivity contribution in [2.24, 2.45) is 5.41 Å². The van der Waals surface area contributed by atoms with Crippen molar-refractivity contribution < 1.29 is 8.78 Å². The van der Waals surface area contributed by atoms with Crippen LogP contribution in [-0.2, 0) is 6.42 Å². The largest absolute Gasteiger partial charge is 0.207 e.